The summed E-state index contributed by atoms with van der Waals surface area (Å²) in [6.45, 7) is 7.02. The Balaban J connectivity index is 1.88. The molecule has 1 aromatic rings. The maximum Gasteiger partial charge on any atom is 0.321 e. The highest BCUT2D eigenvalue weighted by Gasteiger charge is 2.25. The predicted molar refractivity (Wildman–Crippen MR) is 93.5 cm³/mol. The number of carbonyl (C=O) groups is 2. The van der Waals surface area contributed by atoms with Crippen molar-refractivity contribution in [1.82, 2.24) is 15.5 Å². The van der Waals surface area contributed by atoms with E-state index in [1.807, 2.05) is 25.1 Å². The van der Waals surface area contributed by atoms with Crippen LogP contribution in [0, 0.1) is 0 Å². The molecule has 1 unspecified atom stereocenters. The quantitative estimate of drug-likeness (QED) is 0.842. The molecule has 0 saturated carbocycles. The van der Waals surface area contributed by atoms with Gasteiger partial charge < -0.3 is 15.0 Å². The summed E-state index contributed by atoms with van der Waals surface area (Å²) in [4.78, 5) is 27.6. The number of hydrogen-bond donors (Lipinski definition) is 2. The Kier molecular flexibility index (Phi) is 6.43. The first-order valence-corrected chi connectivity index (χ1v) is 8.24. The fourth-order valence-corrected chi connectivity index (χ4v) is 2.92. The Morgan fingerprint density at radius 2 is 2.12 bits per heavy atom. The summed E-state index contributed by atoms with van der Waals surface area (Å²) in [5, 5.41) is 4.89. The lowest BCUT2D eigenvalue weighted by Crippen LogP contribution is -2.54. The molecule has 0 aromatic heterocycles. The standard InChI is InChI=1S/C17H26N4O3/c1-4-18-17(23)19-16(22)12-20-8-9-21(13(2)11-20)14-6-5-7-15(10-14)24-3/h5-7,10,13H,4,8-9,11-12H2,1-3H3,(H2,18,19,22,23). The van der Waals surface area contributed by atoms with Gasteiger partial charge in [0.05, 0.1) is 13.7 Å². The number of imide groups is 1. The average molecular weight is 334 g/mol. The van der Waals surface area contributed by atoms with Gasteiger partial charge in [-0.15, -0.1) is 0 Å². The number of nitrogens with zero attached hydrogens (tertiary/aromatic N) is 2. The lowest BCUT2D eigenvalue weighted by atomic mass is 10.1. The molecular formula is C17H26N4O3. The van der Waals surface area contributed by atoms with Crippen molar-refractivity contribution in [2.24, 2.45) is 0 Å². The summed E-state index contributed by atoms with van der Waals surface area (Å²) in [6, 6.07) is 7.82. The number of anilines is 1. The number of rotatable bonds is 5. The van der Waals surface area contributed by atoms with Crippen LogP contribution in [0.15, 0.2) is 24.3 Å². The van der Waals surface area contributed by atoms with E-state index in [4.69, 9.17) is 4.74 Å². The van der Waals surface area contributed by atoms with Crippen LogP contribution in [0.4, 0.5) is 10.5 Å². The third kappa shape index (κ3) is 4.86. The molecule has 132 valence electrons. The third-order valence-electron chi connectivity index (χ3n) is 4.05. The zero-order chi connectivity index (χ0) is 17.5. The molecule has 24 heavy (non-hydrogen) atoms. The molecule has 1 heterocycles. The van der Waals surface area contributed by atoms with Crippen LogP contribution in [0.3, 0.4) is 0 Å². The molecule has 2 N–H and O–H groups in total. The van der Waals surface area contributed by atoms with Crippen LogP contribution in [0.2, 0.25) is 0 Å². The zero-order valence-electron chi connectivity index (χ0n) is 14.5. The fourth-order valence-electron chi connectivity index (χ4n) is 2.92. The van der Waals surface area contributed by atoms with E-state index in [1.54, 1.807) is 7.11 Å². The molecule has 3 amide bonds. The topological polar surface area (TPSA) is 73.9 Å². The van der Waals surface area contributed by atoms with Crippen LogP contribution >= 0.6 is 0 Å². The Morgan fingerprint density at radius 1 is 1.33 bits per heavy atom. The average Bonchev–Trinajstić information content (AvgIpc) is 2.55. The van der Waals surface area contributed by atoms with Crippen molar-refractivity contribution >= 4 is 17.6 Å². The molecule has 0 radical (unpaired) electrons. The van der Waals surface area contributed by atoms with Crippen molar-refractivity contribution in [2.45, 2.75) is 19.9 Å². The molecule has 1 saturated heterocycles. The van der Waals surface area contributed by atoms with Gasteiger partial charge in [-0.05, 0) is 26.0 Å². The van der Waals surface area contributed by atoms with Crippen LogP contribution in [-0.2, 0) is 4.79 Å². The van der Waals surface area contributed by atoms with Crippen molar-refractivity contribution in [3.63, 3.8) is 0 Å². The minimum Gasteiger partial charge on any atom is -0.497 e. The second-order valence-corrected chi connectivity index (χ2v) is 5.89. The van der Waals surface area contributed by atoms with Gasteiger partial charge in [-0.25, -0.2) is 4.79 Å². The van der Waals surface area contributed by atoms with Gasteiger partial charge in [-0.3, -0.25) is 15.0 Å². The fraction of sp³-hybridized carbons (Fsp3) is 0.529. The molecule has 7 nitrogen and oxygen atoms in total. The maximum absolute atomic E-state index is 11.9. The van der Waals surface area contributed by atoms with Gasteiger partial charge in [-0.2, -0.15) is 0 Å². The summed E-state index contributed by atoms with van der Waals surface area (Å²) < 4.78 is 5.28. The Bertz CT molecular complexity index is 579. The largest absolute Gasteiger partial charge is 0.497 e. The molecular weight excluding hydrogens is 308 g/mol. The van der Waals surface area contributed by atoms with E-state index in [0.717, 1.165) is 31.1 Å². The van der Waals surface area contributed by atoms with Gasteiger partial charge in [0.15, 0.2) is 0 Å². The van der Waals surface area contributed by atoms with Gasteiger partial charge in [-0.1, -0.05) is 6.07 Å². The highest BCUT2D eigenvalue weighted by atomic mass is 16.5. The number of benzene rings is 1. The zero-order valence-corrected chi connectivity index (χ0v) is 14.5. The second kappa shape index (κ2) is 8.54. The molecule has 1 aliphatic rings. The minimum absolute atomic E-state index is 0.230. The molecule has 1 fully saturated rings. The Hall–Kier alpha value is -2.28. The minimum atomic E-state index is -0.439. The van der Waals surface area contributed by atoms with E-state index >= 15 is 0 Å². The summed E-state index contributed by atoms with van der Waals surface area (Å²) in [5.74, 6) is 0.562. The van der Waals surface area contributed by atoms with E-state index in [1.165, 1.54) is 0 Å². The first-order chi connectivity index (χ1) is 11.5. The van der Waals surface area contributed by atoms with Crippen molar-refractivity contribution in [2.75, 3.05) is 44.7 Å². The molecule has 1 aliphatic heterocycles. The molecule has 7 heteroatoms. The number of carbonyl (C=O) groups excluding carboxylic acids is 2. The van der Waals surface area contributed by atoms with Crippen molar-refractivity contribution in [3.05, 3.63) is 24.3 Å². The number of amides is 3. The van der Waals surface area contributed by atoms with Crippen molar-refractivity contribution < 1.29 is 14.3 Å². The van der Waals surface area contributed by atoms with Gasteiger partial charge in [0.1, 0.15) is 5.75 Å². The first-order valence-electron chi connectivity index (χ1n) is 8.24. The SMILES string of the molecule is CCNC(=O)NC(=O)CN1CCN(c2cccc(OC)c2)C(C)C1. The summed E-state index contributed by atoms with van der Waals surface area (Å²) in [5.41, 5.74) is 1.12. The predicted octanol–water partition coefficient (Wildman–Crippen LogP) is 1.05. The smallest absolute Gasteiger partial charge is 0.321 e. The van der Waals surface area contributed by atoms with E-state index in [-0.39, 0.29) is 18.5 Å². The normalized spacial score (nSPS) is 18.1. The first kappa shape index (κ1) is 18.1. The summed E-state index contributed by atoms with van der Waals surface area (Å²) in [7, 11) is 1.66. The van der Waals surface area contributed by atoms with Gasteiger partial charge in [0.2, 0.25) is 5.91 Å². The highest BCUT2D eigenvalue weighted by Crippen LogP contribution is 2.24. The molecule has 0 spiro atoms. The molecule has 2 rings (SSSR count). The van der Waals surface area contributed by atoms with E-state index in [2.05, 4.69) is 33.4 Å². The van der Waals surface area contributed by atoms with Gasteiger partial charge in [0.25, 0.3) is 0 Å². The monoisotopic (exact) mass is 334 g/mol. The van der Waals surface area contributed by atoms with E-state index < -0.39 is 6.03 Å². The van der Waals surface area contributed by atoms with Crippen LogP contribution in [0.25, 0.3) is 0 Å². The molecule has 0 aliphatic carbocycles. The molecule has 1 aromatic carbocycles. The Labute approximate surface area is 142 Å². The summed E-state index contributed by atoms with van der Waals surface area (Å²) in [6.07, 6.45) is 0. The number of nitrogens with one attached hydrogen (secondary N) is 2. The summed E-state index contributed by atoms with van der Waals surface area (Å²) >= 11 is 0. The van der Waals surface area contributed by atoms with Gasteiger partial charge >= 0.3 is 6.03 Å². The number of hydrogen-bond acceptors (Lipinski definition) is 5. The van der Waals surface area contributed by atoms with Crippen LogP contribution < -0.4 is 20.3 Å². The number of ether oxygens (including phenoxy) is 1. The van der Waals surface area contributed by atoms with Gasteiger partial charge in [0, 0.05) is 44.0 Å². The number of methoxy groups -OCH3 is 1. The van der Waals surface area contributed by atoms with Crippen LogP contribution in [0.1, 0.15) is 13.8 Å². The maximum atomic E-state index is 11.9. The van der Waals surface area contributed by atoms with Crippen LogP contribution in [-0.4, -0.2) is 62.7 Å². The van der Waals surface area contributed by atoms with Crippen LogP contribution in [0.5, 0.6) is 5.75 Å². The third-order valence-corrected chi connectivity index (χ3v) is 4.05. The van der Waals surface area contributed by atoms with Crippen molar-refractivity contribution in [1.29, 1.82) is 0 Å². The lowest BCUT2D eigenvalue weighted by molar-refractivity contribution is -0.121. The number of urea groups is 1. The second-order valence-electron chi connectivity index (χ2n) is 5.89. The molecule has 0 bridgehead atoms. The highest BCUT2D eigenvalue weighted by molar-refractivity contribution is 5.95. The van der Waals surface area contributed by atoms with E-state index in [9.17, 15) is 9.59 Å². The van der Waals surface area contributed by atoms with Crippen molar-refractivity contribution in [3.8, 4) is 5.75 Å². The number of piperazine rings is 1. The Morgan fingerprint density at radius 3 is 2.79 bits per heavy atom. The lowest BCUT2D eigenvalue weighted by Gasteiger charge is -2.41. The molecule has 1 atom stereocenters. The van der Waals surface area contributed by atoms with E-state index in [0.29, 0.717) is 6.54 Å².